The minimum absolute atomic E-state index is 0.0170. The first-order valence-corrected chi connectivity index (χ1v) is 12.6. The smallest absolute Gasteiger partial charge is 0.259 e. The van der Waals surface area contributed by atoms with E-state index in [1.807, 2.05) is 29.2 Å². The largest absolute Gasteiger partial charge is 0.393 e. The van der Waals surface area contributed by atoms with Gasteiger partial charge in [0.05, 0.1) is 12.2 Å². The molecule has 0 atom stereocenters. The van der Waals surface area contributed by atoms with Gasteiger partial charge in [-0.3, -0.25) is 4.79 Å². The SMILES string of the molecule is COCNC(=O)c1c(C=N)nc(N2CCC(CC#N)CC2)nc1Nc1ccc(N2CCC(O)CC2)cc1. The Morgan fingerprint density at radius 3 is 2.46 bits per heavy atom. The van der Waals surface area contributed by atoms with Crippen molar-refractivity contribution in [2.75, 3.05) is 55.1 Å². The van der Waals surface area contributed by atoms with Crippen LogP contribution in [0.5, 0.6) is 0 Å². The van der Waals surface area contributed by atoms with Crippen molar-refractivity contribution >= 4 is 35.3 Å². The molecule has 0 radical (unpaired) electrons. The van der Waals surface area contributed by atoms with E-state index in [1.165, 1.54) is 7.11 Å². The van der Waals surface area contributed by atoms with Crippen molar-refractivity contribution in [2.45, 2.75) is 38.2 Å². The lowest BCUT2D eigenvalue weighted by atomic mass is 9.94. The number of methoxy groups -OCH3 is 1. The summed E-state index contributed by atoms with van der Waals surface area (Å²) in [6.45, 7) is 3.04. The maximum absolute atomic E-state index is 13.0. The van der Waals surface area contributed by atoms with Gasteiger partial charge in [-0.1, -0.05) is 0 Å². The van der Waals surface area contributed by atoms with Gasteiger partial charge in [0.15, 0.2) is 0 Å². The summed E-state index contributed by atoms with van der Waals surface area (Å²) in [5.41, 5.74) is 2.20. The van der Waals surface area contributed by atoms with Crippen molar-refractivity contribution in [3.63, 3.8) is 0 Å². The third kappa shape index (κ3) is 6.53. The molecule has 2 fully saturated rings. The van der Waals surface area contributed by atoms with Crippen LogP contribution in [0.15, 0.2) is 24.3 Å². The zero-order valence-corrected chi connectivity index (χ0v) is 21.1. The van der Waals surface area contributed by atoms with E-state index in [2.05, 4.69) is 26.6 Å². The number of aliphatic hydroxyl groups is 1. The number of carbonyl (C=O) groups is 1. The van der Waals surface area contributed by atoms with Gasteiger partial charge >= 0.3 is 0 Å². The monoisotopic (exact) mass is 506 g/mol. The van der Waals surface area contributed by atoms with Gasteiger partial charge in [-0.05, 0) is 55.9 Å². The van der Waals surface area contributed by atoms with Crippen molar-refractivity contribution in [1.29, 1.82) is 10.7 Å². The number of nitrogens with zero attached hydrogens (tertiary/aromatic N) is 5. The topological polar surface area (TPSA) is 150 Å². The lowest BCUT2D eigenvalue weighted by Crippen LogP contribution is -2.36. The molecule has 37 heavy (non-hydrogen) atoms. The van der Waals surface area contributed by atoms with Gasteiger partial charge in [0, 0.05) is 57.3 Å². The number of hydrogen-bond acceptors (Lipinski definition) is 10. The Morgan fingerprint density at radius 1 is 1.16 bits per heavy atom. The Hall–Kier alpha value is -3.75. The zero-order valence-electron chi connectivity index (χ0n) is 21.1. The van der Waals surface area contributed by atoms with Gasteiger partial charge < -0.3 is 35.7 Å². The number of anilines is 4. The average molecular weight is 507 g/mol. The molecule has 3 heterocycles. The molecule has 0 unspecified atom stereocenters. The summed E-state index contributed by atoms with van der Waals surface area (Å²) < 4.78 is 4.99. The number of carbonyl (C=O) groups excluding carboxylic acids is 1. The number of nitriles is 1. The summed E-state index contributed by atoms with van der Waals surface area (Å²) in [5.74, 6) is 0.681. The predicted octanol–water partition coefficient (Wildman–Crippen LogP) is 2.64. The van der Waals surface area contributed by atoms with Crippen LogP contribution in [-0.4, -0.2) is 73.3 Å². The predicted molar refractivity (Wildman–Crippen MR) is 142 cm³/mol. The highest BCUT2D eigenvalue weighted by molar-refractivity contribution is 6.05. The van der Waals surface area contributed by atoms with E-state index in [4.69, 9.17) is 20.4 Å². The molecule has 4 N–H and O–H groups in total. The fourth-order valence-corrected chi connectivity index (χ4v) is 4.73. The third-order valence-corrected chi connectivity index (χ3v) is 6.90. The number of ether oxygens (including phenoxy) is 1. The maximum atomic E-state index is 13.0. The highest BCUT2D eigenvalue weighted by atomic mass is 16.5. The van der Waals surface area contributed by atoms with E-state index in [1.54, 1.807) is 0 Å². The summed E-state index contributed by atoms with van der Waals surface area (Å²) in [7, 11) is 1.48. The number of aliphatic hydroxyl groups excluding tert-OH is 1. The Labute approximate surface area is 217 Å². The van der Waals surface area contributed by atoms with Gasteiger partial charge in [0.25, 0.3) is 5.91 Å². The minimum Gasteiger partial charge on any atom is -0.393 e. The van der Waals surface area contributed by atoms with Crippen LogP contribution in [0.2, 0.25) is 0 Å². The fraction of sp³-hybridized carbons (Fsp3) is 0.500. The standard InChI is InChI=1S/C26H34N8O3/c1-37-17-29-25(36)23-22(16-28)31-26(34-12-7-18(6-11-27)8-13-34)32-24(23)30-19-2-4-20(5-3-19)33-14-9-21(35)10-15-33/h2-5,16,18,21,28,35H,6-10,12-15,17H2,1H3,(H,29,36)(H,30,31,32). The van der Waals surface area contributed by atoms with Crippen LogP contribution in [0.4, 0.5) is 23.1 Å². The maximum Gasteiger partial charge on any atom is 0.259 e. The van der Waals surface area contributed by atoms with E-state index in [-0.39, 0.29) is 24.1 Å². The number of hydrogen-bond donors (Lipinski definition) is 4. The lowest BCUT2D eigenvalue weighted by molar-refractivity contribution is 0.0872. The second kappa shape index (κ2) is 12.5. The van der Waals surface area contributed by atoms with Crippen molar-refractivity contribution in [1.82, 2.24) is 15.3 Å². The number of nitrogens with one attached hydrogen (secondary N) is 3. The van der Waals surface area contributed by atoms with Crippen LogP contribution in [-0.2, 0) is 4.74 Å². The van der Waals surface area contributed by atoms with Crippen molar-refractivity contribution in [3.05, 3.63) is 35.5 Å². The van der Waals surface area contributed by atoms with Gasteiger partial charge in [0.1, 0.15) is 23.8 Å². The summed E-state index contributed by atoms with van der Waals surface area (Å²) >= 11 is 0. The molecule has 1 amide bonds. The van der Waals surface area contributed by atoms with Crippen molar-refractivity contribution in [2.24, 2.45) is 5.92 Å². The molecular formula is C26H34N8O3. The van der Waals surface area contributed by atoms with Crippen LogP contribution in [0.3, 0.4) is 0 Å². The van der Waals surface area contributed by atoms with Gasteiger partial charge in [-0.2, -0.15) is 10.2 Å². The fourth-order valence-electron chi connectivity index (χ4n) is 4.73. The van der Waals surface area contributed by atoms with Gasteiger partial charge in [-0.25, -0.2) is 4.98 Å². The molecule has 0 spiro atoms. The van der Waals surface area contributed by atoms with E-state index in [0.29, 0.717) is 37.2 Å². The van der Waals surface area contributed by atoms with Gasteiger partial charge in [0.2, 0.25) is 5.95 Å². The van der Waals surface area contributed by atoms with Crippen LogP contribution in [0.25, 0.3) is 0 Å². The van der Waals surface area contributed by atoms with Crippen molar-refractivity contribution in [3.8, 4) is 6.07 Å². The zero-order chi connectivity index (χ0) is 26.2. The molecular weight excluding hydrogens is 472 g/mol. The quantitative estimate of drug-likeness (QED) is 0.297. The molecule has 1 aromatic heterocycles. The Balaban J connectivity index is 1.60. The third-order valence-electron chi connectivity index (χ3n) is 6.90. The van der Waals surface area contributed by atoms with Crippen LogP contribution < -0.4 is 20.4 Å². The first-order chi connectivity index (χ1) is 18.0. The van der Waals surface area contributed by atoms with E-state index < -0.39 is 5.91 Å². The highest BCUT2D eigenvalue weighted by Gasteiger charge is 2.26. The summed E-state index contributed by atoms with van der Waals surface area (Å²) in [6.07, 6.45) is 4.61. The molecule has 4 rings (SSSR count). The molecule has 2 saturated heterocycles. The number of aromatic nitrogens is 2. The second-order valence-electron chi connectivity index (χ2n) is 9.40. The van der Waals surface area contributed by atoms with E-state index in [9.17, 15) is 9.90 Å². The number of rotatable bonds is 9. The molecule has 0 aliphatic carbocycles. The number of amides is 1. The molecule has 1 aromatic carbocycles. The average Bonchev–Trinajstić information content (AvgIpc) is 2.93. The first-order valence-electron chi connectivity index (χ1n) is 12.6. The van der Waals surface area contributed by atoms with E-state index in [0.717, 1.165) is 56.4 Å². The minimum atomic E-state index is -0.439. The van der Waals surface area contributed by atoms with E-state index >= 15 is 0 Å². The highest BCUT2D eigenvalue weighted by Crippen LogP contribution is 2.29. The van der Waals surface area contributed by atoms with Gasteiger partial charge in [-0.15, -0.1) is 0 Å². The van der Waals surface area contributed by atoms with Crippen molar-refractivity contribution < 1.29 is 14.6 Å². The van der Waals surface area contributed by atoms with Crippen LogP contribution >= 0.6 is 0 Å². The molecule has 0 saturated carbocycles. The summed E-state index contributed by atoms with van der Waals surface area (Å²) in [4.78, 5) is 26.5. The molecule has 2 aromatic rings. The molecule has 2 aliphatic heterocycles. The summed E-state index contributed by atoms with van der Waals surface area (Å²) in [5, 5.41) is 32.7. The van der Waals surface area contributed by atoms with Crippen LogP contribution in [0, 0.1) is 22.7 Å². The molecule has 2 aliphatic rings. The second-order valence-corrected chi connectivity index (χ2v) is 9.40. The first kappa shape index (κ1) is 26.3. The molecule has 11 heteroatoms. The molecule has 11 nitrogen and oxygen atoms in total. The normalized spacial score (nSPS) is 16.8. The molecule has 196 valence electrons. The van der Waals surface area contributed by atoms with Crippen LogP contribution in [0.1, 0.15) is 48.2 Å². The number of benzene rings is 1. The molecule has 0 bridgehead atoms. The number of piperidine rings is 2. The lowest BCUT2D eigenvalue weighted by Gasteiger charge is -2.32. The Morgan fingerprint density at radius 2 is 1.84 bits per heavy atom. The summed E-state index contributed by atoms with van der Waals surface area (Å²) in [6, 6.07) is 10.1. The Bertz CT molecular complexity index is 1120. The Kier molecular flexibility index (Phi) is 8.87.